The van der Waals surface area contributed by atoms with E-state index in [9.17, 15) is 14.8 Å². The summed E-state index contributed by atoms with van der Waals surface area (Å²) < 4.78 is 4.96. The maximum Gasteiger partial charge on any atom is 0.488 e. The second kappa shape index (κ2) is 6.04. The van der Waals surface area contributed by atoms with Gasteiger partial charge in [0, 0.05) is 5.56 Å². The first kappa shape index (κ1) is 14.5. The lowest BCUT2D eigenvalue weighted by atomic mass is 9.79. The molecule has 1 heterocycles. The van der Waals surface area contributed by atoms with Crippen molar-refractivity contribution in [2.75, 3.05) is 12.3 Å². The summed E-state index contributed by atoms with van der Waals surface area (Å²) in [6.07, 6.45) is 0. The molecule has 0 atom stereocenters. The molecule has 0 aliphatic rings. The van der Waals surface area contributed by atoms with Gasteiger partial charge in [0.25, 0.3) is 0 Å². The molecule has 0 amide bonds. The van der Waals surface area contributed by atoms with E-state index >= 15 is 0 Å². The Labute approximate surface area is 120 Å². The van der Waals surface area contributed by atoms with E-state index in [2.05, 4.69) is 4.98 Å². The molecule has 4 N–H and O–H groups in total. The van der Waals surface area contributed by atoms with Crippen molar-refractivity contribution in [3.63, 3.8) is 0 Å². The number of aromatic nitrogens is 1. The number of hydrogen-bond donors (Lipinski definition) is 3. The van der Waals surface area contributed by atoms with Crippen LogP contribution in [0, 0.1) is 0 Å². The second-order valence-electron chi connectivity index (χ2n) is 3.95. The van der Waals surface area contributed by atoms with E-state index in [0.717, 1.165) is 11.3 Å². The SMILES string of the molecule is CCOC(=O)c1sc(N)nc1-c1cccc(B(O)O)c1. The van der Waals surface area contributed by atoms with Gasteiger partial charge in [-0.15, -0.1) is 0 Å². The van der Waals surface area contributed by atoms with Gasteiger partial charge in [-0.25, -0.2) is 9.78 Å². The minimum Gasteiger partial charge on any atom is -0.462 e. The molecule has 0 bridgehead atoms. The van der Waals surface area contributed by atoms with Gasteiger partial charge < -0.3 is 20.5 Å². The molecule has 0 spiro atoms. The summed E-state index contributed by atoms with van der Waals surface area (Å²) in [4.78, 5) is 16.3. The number of hydrogen-bond acceptors (Lipinski definition) is 7. The summed E-state index contributed by atoms with van der Waals surface area (Å²) >= 11 is 1.04. The summed E-state index contributed by atoms with van der Waals surface area (Å²) in [6, 6.07) is 6.47. The highest BCUT2D eigenvalue weighted by molar-refractivity contribution is 7.17. The van der Waals surface area contributed by atoms with Gasteiger partial charge in [-0.3, -0.25) is 0 Å². The summed E-state index contributed by atoms with van der Waals surface area (Å²) in [5.41, 5.74) is 6.92. The standard InChI is InChI=1S/C12H13BN2O4S/c1-2-19-11(16)10-9(15-12(14)20-10)7-4-3-5-8(6-7)13(17)18/h3-6,17-18H,2H2,1H3,(H2,14,15). The highest BCUT2D eigenvalue weighted by atomic mass is 32.1. The molecule has 0 unspecified atom stereocenters. The van der Waals surface area contributed by atoms with E-state index in [0.29, 0.717) is 21.6 Å². The second-order valence-corrected chi connectivity index (χ2v) is 4.98. The largest absolute Gasteiger partial charge is 0.488 e. The molecule has 6 nitrogen and oxygen atoms in total. The van der Waals surface area contributed by atoms with Crippen LogP contribution in [0.2, 0.25) is 0 Å². The molecule has 104 valence electrons. The first-order valence-corrected chi connectivity index (χ1v) is 6.74. The Kier molecular flexibility index (Phi) is 4.38. The summed E-state index contributed by atoms with van der Waals surface area (Å²) in [6.45, 7) is 1.97. The maximum atomic E-state index is 11.9. The molecule has 1 aromatic heterocycles. The van der Waals surface area contributed by atoms with Crippen molar-refractivity contribution in [1.82, 2.24) is 4.98 Å². The van der Waals surface area contributed by atoms with Crippen LogP contribution in [0.1, 0.15) is 16.6 Å². The van der Waals surface area contributed by atoms with Gasteiger partial charge in [0.05, 0.1) is 12.3 Å². The van der Waals surface area contributed by atoms with Crippen LogP contribution < -0.4 is 11.2 Å². The molecule has 0 fully saturated rings. The van der Waals surface area contributed by atoms with Crippen molar-refractivity contribution in [1.29, 1.82) is 0 Å². The zero-order valence-corrected chi connectivity index (χ0v) is 11.6. The lowest BCUT2D eigenvalue weighted by Gasteiger charge is -2.04. The molecule has 0 saturated heterocycles. The molecule has 0 aliphatic heterocycles. The fourth-order valence-electron chi connectivity index (χ4n) is 1.71. The predicted molar refractivity (Wildman–Crippen MR) is 77.7 cm³/mol. The van der Waals surface area contributed by atoms with Crippen molar-refractivity contribution in [2.45, 2.75) is 6.92 Å². The van der Waals surface area contributed by atoms with E-state index in [1.807, 2.05) is 0 Å². The van der Waals surface area contributed by atoms with Crippen molar-refractivity contribution in [2.24, 2.45) is 0 Å². The van der Waals surface area contributed by atoms with Gasteiger partial charge in [-0.1, -0.05) is 35.6 Å². The van der Waals surface area contributed by atoms with E-state index in [-0.39, 0.29) is 11.7 Å². The highest BCUT2D eigenvalue weighted by Crippen LogP contribution is 2.29. The molecule has 0 radical (unpaired) electrons. The number of benzene rings is 1. The molecule has 1 aromatic carbocycles. The van der Waals surface area contributed by atoms with Crippen LogP contribution in [0.3, 0.4) is 0 Å². The molecule has 8 heteroatoms. The number of rotatable bonds is 4. The third-order valence-electron chi connectivity index (χ3n) is 2.56. The smallest absolute Gasteiger partial charge is 0.462 e. The average Bonchev–Trinajstić information content (AvgIpc) is 2.81. The molecule has 20 heavy (non-hydrogen) atoms. The van der Waals surface area contributed by atoms with E-state index in [1.54, 1.807) is 31.2 Å². The topological polar surface area (TPSA) is 106 Å². The monoisotopic (exact) mass is 292 g/mol. The average molecular weight is 292 g/mol. The van der Waals surface area contributed by atoms with Gasteiger partial charge in [-0.2, -0.15) is 0 Å². The molecule has 2 rings (SSSR count). The molecular formula is C12H13BN2O4S. The molecule has 2 aromatic rings. The van der Waals surface area contributed by atoms with Gasteiger partial charge >= 0.3 is 13.1 Å². The number of thiazole rings is 1. The quantitative estimate of drug-likeness (QED) is 0.551. The first-order chi connectivity index (χ1) is 9.52. The van der Waals surface area contributed by atoms with Crippen molar-refractivity contribution in [3.8, 4) is 11.3 Å². The fraction of sp³-hybridized carbons (Fsp3) is 0.167. The van der Waals surface area contributed by atoms with Crippen LogP contribution in [-0.4, -0.2) is 34.7 Å². The number of nitrogens with two attached hydrogens (primary N) is 1. The Morgan fingerprint density at radius 1 is 1.50 bits per heavy atom. The third-order valence-corrected chi connectivity index (χ3v) is 3.43. The van der Waals surface area contributed by atoms with Crippen LogP contribution in [0.4, 0.5) is 5.13 Å². The minimum atomic E-state index is -1.59. The number of anilines is 1. The first-order valence-electron chi connectivity index (χ1n) is 5.92. The van der Waals surface area contributed by atoms with Crippen molar-refractivity contribution in [3.05, 3.63) is 29.1 Å². The van der Waals surface area contributed by atoms with Gasteiger partial charge in [0.1, 0.15) is 4.88 Å². The maximum absolute atomic E-state index is 11.9. The Morgan fingerprint density at radius 2 is 2.25 bits per heavy atom. The number of carbonyl (C=O) groups is 1. The van der Waals surface area contributed by atoms with E-state index in [1.165, 1.54) is 0 Å². The minimum absolute atomic E-state index is 0.248. The number of nitrogens with zero attached hydrogens (tertiary/aromatic N) is 1. The molecule has 0 aliphatic carbocycles. The van der Waals surface area contributed by atoms with Crippen LogP contribution >= 0.6 is 11.3 Å². The Bertz CT molecular complexity index is 630. The Morgan fingerprint density at radius 3 is 2.90 bits per heavy atom. The highest BCUT2D eigenvalue weighted by Gasteiger charge is 2.21. The molecule has 0 saturated carbocycles. The van der Waals surface area contributed by atoms with Gasteiger partial charge in [-0.05, 0) is 12.4 Å². The Balaban J connectivity index is 2.47. The number of esters is 1. The number of nitrogen functional groups attached to an aromatic ring is 1. The van der Waals surface area contributed by atoms with E-state index in [4.69, 9.17) is 10.5 Å². The van der Waals surface area contributed by atoms with Crippen LogP contribution in [0.15, 0.2) is 24.3 Å². The van der Waals surface area contributed by atoms with Crippen LogP contribution in [-0.2, 0) is 4.74 Å². The van der Waals surface area contributed by atoms with Gasteiger partial charge in [0.15, 0.2) is 5.13 Å². The zero-order valence-electron chi connectivity index (χ0n) is 10.7. The summed E-state index contributed by atoms with van der Waals surface area (Å²) in [7, 11) is -1.59. The number of carbonyl (C=O) groups excluding carboxylic acids is 1. The summed E-state index contributed by atoms with van der Waals surface area (Å²) in [5, 5.41) is 18.6. The fourth-order valence-corrected chi connectivity index (χ4v) is 2.46. The van der Waals surface area contributed by atoms with E-state index < -0.39 is 13.1 Å². The van der Waals surface area contributed by atoms with Crippen molar-refractivity contribution < 1.29 is 19.6 Å². The van der Waals surface area contributed by atoms with Crippen LogP contribution in [0.25, 0.3) is 11.3 Å². The lowest BCUT2D eigenvalue weighted by molar-refractivity contribution is 0.0532. The summed E-state index contributed by atoms with van der Waals surface area (Å²) in [5.74, 6) is -0.494. The predicted octanol–water partition coefficient (Wildman–Crippen LogP) is 0.249. The van der Waals surface area contributed by atoms with Crippen LogP contribution in [0.5, 0.6) is 0 Å². The Hall–Kier alpha value is -1.90. The number of ether oxygens (including phenoxy) is 1. The molecular weight excluding hydrogens is 279 g/mol. The zero-order chi connectivity index (χ0) is 14.7. The normalized spacial score (nSPS) is 10.3. The lowest BCUT2D eigenvalue weighted by Crippen LogP contribution is -2.29. The van der Waals surface area contributed by atoms with Crippen molar-refractivity contribution >= 4 is 35.0 Å². The third kappa shape index (κ3) is 2.98. The van der Waals surface area contributed by atoms with Gasteiger partial charge in [0.2, 0.25) is 0 Å².